The molecule has 0 amide bonds. The predicted molar refractivity (Wildman–Crippen MR) is 112 cm³/mol. The van der Waals surface area contributed by atoms with Crippen molar-refractivity contribution in [2.75, 3.05) is 12.1 Å². The number of nitrogens with zero attached hydrogens (tertiary/aromatic N) is 2. The molecule has 5 heteroatoms. The molecule has 0 saturated heterocycles. The molecule has 0 aromatic heterocycles. The second-order valence-electron chi connectivity index (χ2n) is 6.37. The largest absolute Gasteiger partial charge is 0.497 e. The Labute approximate surface area is 168 Å². The second-order valence-corrected chi connectivity index (χ2v) is 7.24. The van der Waals surface area contributed by atoms with Gasteiger partial charge >= 0.3 is 0 Å². The van der Waals surface area contributed by atoms with Crippen LogP contribution >= 0.6 is 23.2 Å². The molecular weight excluding hydrogens is 379 g/mol. The molecule has 1 heterocycles. The first-order valence-corrected chi connectivity index (χ1v) is 9.42. The van der Waals surface area contributed by atoms with E-state index < -0.39 is 0 Å². The molecule has 0 unspecified atom stereocenters. The third kappa shape index (κ3) is 3.80. The quantitative estimate of drug-likeness (QED) is 0.512. The van der Waals surface area contributed by atoms with Gasteiger partial charge in [-0.25, -0.2) is 0 Å². The van der Waals surface area contributed by atoms with Crippen molar-refractivity contribution in [3.63, 3.8) is 0 Å². The van der Waals surface area contributed by atoms with Crippen molar-refractivity contribution in [1.29, 1.82) is 0 Å². The Balaban J connectivity index is 1.73. The van der Waals surface area contributed by atoms with Gasteiger partial charge in [0.2, 0.25) is 0 Å². The number of hydrogen-bond donors (Lipinski definition) is 0. The van der Waals surface area contributed by atoms with Crippen LogP contribution in [0.25, 0.3) is 0 Å². The Morgan fingerprint density at radius 1 is 0.926 bits per heavy atom. The van der Waals surface area contributed by atoms with E-state index in [1.807, 2.05) is 65.7 Å². The zero-order valence-corrected chi connectivity index (χ0v) is 16.3. The van der Waals surface area contributed by atoms with E-state index >= 15 is 0 Å². The standard InChI is InChI=1S/C22H18Cl2N2O/c1-27-20-11-7-15(8-12-20)21-14-22(16-5-9-17(23)10-6-16)26(25-21)19-4-2-3-18(24)13-19/h2-13,22H,14H2,1H3/t22-/m0/s1. The van der Waals surface area contributed by atoms with Gasteiger partial charge < -0.3 is 4.74 Å². The molecule has 1 aliphatic heterocycles. The van der Waals surface area contributed by atoms with E-state index in [1.54, 1.807) is 7.11 Å². The van der Waals surface area contributed by atoms with Gasteiger partial charge in [-0.2, -0.15) is 5.10 Å². The topological polar surface area (TPSA) is 24.8 Å². The molecule has 1 aliphatic rings. The fourth-order valence-corrected chi connectivity index (χ4v) is 3.58. The average Bonchev–Trinajstić information content (AvgIpc) is 3.14. The smallest absolute Gasteiger partial charge is 0.118 e. The zero-order chi connectivity index (χ0) is 18.8. The van der Waals surface area contributed by atoms with Crippen LogP contribution in [0.15, 0.2) is 77.9 Å². The van der Waals surface area contributed by atoms with Crippen LogP contribution in [0.4, 0.5) is 5.69 Å². The first-order valence-electron chi connectivity index (χ1n) is 8.66. The van der Waals surface area contributed by atoms with Gasteiger partial charge in [0, 0.05) is 16.5 Å². The molecule has 0 bridgehead atoms. The maximum absolute atomic E-state index is 6.22. The number of methoxy groups -OCH3 is 1. The lowest BCUT2D eigenvalue weighted by molar-refractivity contribution is 0.415. The summed E-state index contributed by atoms with van der Waals surface area (Å²) in [5.74, 6) is 0.832. The third-order valence-electron chi connectivity index (χ3n) is 4.66. The van der Waals surface area contributed by atoms with Gasteiger partial charge in [0.15, 0.2) is 0 Å². The normalized spacial score (nSPS) is 16.3. The summed E-state index contributed by atoms with van der Waals surface area (Å²) in [6.45, 7) is 0. The van der Waals surface area contributed by atoms with Gasteiger partial charge in [0.05, 0.1) is 24.6 Å². The molecule has 4 rings (SSSR count). The van der Waals surface area contributed by atoms with E-state index in [-0.39, 0.29) is 6.04 Å². The highest BCUT2D eigenvalue weighted by atomic mass is 35.5. The molecule has 1 atom stereocenters. The van der Waals surface area contributed by atoms with Crippen molar-refractivity contribution in [2.24, 2.45) is 5.10 Å². The minimum atomic E-state index is 0.0813. The third-order valence-corrected chi connectivity index (χ3v) is 5.15. The number of ether oxygens (including phenoxy) is 1. The van der Waals surface area contributed by atoms with Crippen LogP contribution in [-0.2, 0) is 0 Å². The van der Waals surface area contributed by atoms with Crippen molar-refractivity contribution in [3.8, 4) is 5.75 Å². The summed E-state index contributed by atoms with van der Waals surface area (Å²) in [4.78, 5) is 0. The van der Waals surface area contributed by atoms with Crippen LogP contribution in [0, 0.1) is 0 Å². The first kappa shape index (κ1) is 17.9. The molecule has 3 nitrogen and oxygen atoms in total. The van der Waals surface area contributed by atoms with Gasteiger partial charge in [-0.15, -0.1) is 0 Å². The Morgan fingerprint density at radius 3 is 2.33 bits per heavy atom. The summed E-state index contributed by atoms with van der Waals surface area (Å²) in [6, 6.07) is 23.8. The summed E-state index contributed by atoms with van der Waals surface area (Å²) in [6.07, 6.45) is 0.792. The number of hydrogen-bond acceptors (Lipinski definition) is 3. The van der Waals surface area contributed by atoms with Crippen LogP contribution in [0.5, 0.6) is 5.75 Å². The van der Waals surface area contributed by atoms with Crippen molar-refractivity contribution in [1.82, 2.24) is 0 Å². The fraction of sp³-hybridized carbons (Fsp3) is 0.136. The number of anilines is 1. The summed E-state index contributed by atoms with van der Waals surface area (Å²) < 4.78 is 5.26. The number of halogens is 2. The first-order chi connectivity index (χ1) is 13.1. The lowest BCUT2D eigenvalue weighted by atomic mass is 9.98. The van der Waals surface area contributed by atoms with E-state index in [0.717, 1.165) is 39.7 Å². The Bertz CT molecular complexity index is 968. The lowest BCUT2D eigenvalue weighted by Gasteiger charge is -2.24. The summed E-state index contributed by atoms with van der Waals surface area (Å²) in [5.41, 5.74) is 4.23. The second kappa shape index (κ2) is 7.63. The monoisotopic (exact) mass is 396 g/mol. The molecule has 3 aromatic rings. The van der Waals surface area contributed by atoms with E-state index in [0.29, 0.717) is 5.02 Å². The summed E-state index contributed by atoms with van der Waals surface area (Å²) in [5, 5.41) is 8.37. The highest BCUT2D eigenvalue weighted by Gasteiger charge is 2.30. The molecule has 136 valence electrons. The summed E-state index contributed by atoms with van der Waals surface area (Å²) >= 11 is 12.3. The minimum Gasteiger partial charge on any atom is -0.497 e. The van der Waals surface area contributed by atoms with E-state index in [1.165, 1.54) is 0 Å². The highest BCUT2D eigenvalue weighted by molar-refractivity contribution is 6.31. The molecule has 0 fully saturated rings. The Morgan fingerprint density at radius 2 is 1.67 bits per heavy atom. The van der Waals surface area contributed by atoms with Crippen molar-refractivity contribution < 1.29 is 4.74 Å². The van der Waals surface area contributed by atoms with Gasteiger partial charge in [0.25, 0.3) is 0 Å². The maximum atomic E-state index is 6.22. The Kier molecular flexibility index (Phi) is 5.06. The molecular formula is C22H18Cl2N2O. The van der Waals surface area contributed by atoms with Gasteiger partial charge in [-0.05, 0) is 65.7 Å². The van der Waals surface area contributed by atoms with E-state index in [4.69, 9.17) is 33.0 Å². The molecule has 0 N–H and O–H groups in total. The van der Waals surface area contributed by atoms with Crippen LogP contribution in [0.2, 0.25) is 10.0 Å². The van der Waals surface area contributed by atoms with Gasteiger partial charge in [-0.3, -0.25) is 5.01 Å². The number of benzene rings is 3. The zero-order valence-electron chi connectivity index (χ0n) is 14.8. The molecule has 0 aliphatic carbocycles. The Hall–Kier alpha value is -2.49. The van der Waals surface area contributed by atoms with Crippen LogP contribution in [-0.4, -0.2) is 12.8 Å². The van der Waals surface area contributed by atoms with E-state index in [9.17, 15) is 0 Å². The molecule has 0 saturated carbocycles. The highest BCUT2D eigenvalue weighted by Crippen LogP contribution is 2.37. The van der Waals surface area contributed by atoms with Gasteiger partial charge in [-0.1, -0.05) is 41.4 Å². The van der Waals surface area contributed by atoms with Crippen LogP contribution in [0.3, 0.4) is 0 Å². The average molecular weight is 397 g/mol. The SMILES string of the molecule is COc1ccc(C2=NN(c3cccc(Cl)c3)[C@H](c3ccc(Cl)cc3)C2)cc1. The van der Waals surface area contributed by atoms with Crippen molar-refractivity contribution in [2.45, 2.75) is 12.5 Å². The minimum absolute atomic E-state index is 0.0813. The van der Waals surface area contributed by atoms with E-state index in [2.05, 4.69) is 12.1 Å². The number of hydrazone groups is 1. The lowest BCUT2D eigenvalue weighted by Crippen LogP contribution is -2.18. The fourth-order valence-electron chi connectivity index (χ4n) is 3.27. The summed E-state index contributed by atoms with van der Waals surface area (Å²) in [7, 11) is 1.67. The maximum Gasteiger partial charge on any atom is 0.118 e. The number of rotatable bonds is 4. The van der Waals surface area contributed by atoms with Gasteiger partial charge in [0.1, 0.15) is 5.75 Å². The van der Waals surface area contributed by atoms with Crippen LogP contribution < -0.4 is 9.75 Å². The molecule has 3 aromatic carbocycles. The molecule has 0 spiro atoms. The molecule has 27 heavy (non-hydrogen) atoms. The van der Waals surface area contributed by atoms with Crippen molar-refractivity contribution in [3.05, 3.63) is 94.0 Å². The molecule has 0 radical (unpaired) electrons. The van der Waals surface area contributed by atoms with Crippen molar-refractivity contribution >= 4 is 34.6 Å². The predicted octanol–water partition coefficient (Wildman–Crippen LogP) is 6.36. The van der Waals surface area contributed by atoms with Crippen LogP contribution in [0.1, 0.15) is 23.6 Å².